The van der Waals surface area contributed by atoms with E-state index < -0.39 is 5.91 Å². The van der Waals surface area contributed by atoms with Crippen molar-refractivity contribution in [3.63, 3.8) is 0 Å². The molecule has 29 heavy (non-hydrogen) atoms. The lowest BCUT2D eigenvalue weighted by molar-refractivity contribution is 0.0938. The third kappa shape index (κ3) is 4.11. The van der Waals surface area contributed by atoms with E-state index in [-0.39, 0.29) is 30.4 Å². The lowest BCUT2D eigenvalue weighted by atomic mass is 9.92. The minimum atomic E-state index is -0.473. The second kappa shape index (κ2) is 8.64. The molecule has 0 aromatic heterocycles. The molecule has 0 radical (unpaired) electrons. The van der Waals surface area contributed by atoms with Crippen LogP contribution >= 0.6 is 12.4 Å². The van der Waals surface area contributed by atoms with Crippen LogP contribution in [-0.2, 0) is 0 Å². The number of carbonyl (C=O) groups excluding carboxylic acids is 2. The third-order valence-electron chi connectivity index (χ3n) is 5.46. The Kier molecular flexibility index (Phi) is 6.20. The zero-order chi connectivity index (χ0) is 19.7. The molecule has 1 fully saturated rings. The molecule has 0 unspecified atom stereocenters. The summed E-state index contributed by atoms with van der Waals surface area (Å²) in [5, 5.41) is 4.87. The highest BCUT2D eigenvalue weighted by atomic mass is 35.5. The molecule has 3 aromatic rings. The Morgan fingerprint density at radius 1 is 0.828 bits per heavy atom. The Labute approximate surface area is 175 Å². The molecule has 2 amide bonds. The number of rotatable bonds is 4. The molecule has 5 N–H and O–H groups in total. The van der Waals surface area contributed by atoms with Crippen molar-refractivity contribution < 1.29 is 9.59 Å². The number of carbonyl (C=O) groups is 2. The zero-order valence-corrected chi connectivity index (χ0v) is 16.7. The summed E-state index contributed by atoms with van der Waals surface area (Å²) in [6, 6.07) is 19.0. The van der Waals surface area contributed by atoms with Gasteiger partial charge in [0.2, 0.25) is 5.91 Å². The molecule has 6 heteroatoms. The molecule has 0 heterocycles. The van der Waals surface area contributed by atoms with Crippen LogP contribution in [0.4, 0.5) is 0 Å². The first-order valence-electron chi connectivity index (χ1n) is 9.52. The van der Waals surface area contributed by atoms with Crippen LogP contribution in [0.3, 0.4) is 0 Å². The van der Waals surface area contributed by atoms with E-state index in [9.17, 15) is 9.59 Å². The van der Waals surface area contributed by atoms with E-state index in [1.165, 1.54) is 0 Å². The number of amides is 2. The average Bonchev–Trinajstić information content (AvgIpc) is 3.11. The predicted molar refractivity (Wildman–Crippen MR) is 118 cm³/mol. The highest BCUT2D eigenvalue weighted by Crippen LogP contribution is 2.32. The van der Waals surface area contributed by atoms with Crippen molar-refractivity contribution in [2.45, 2.75) is 31.3 Å². The number of hydrogen-bond acceptors (Lipinski definition) is 3. The standard InChI is InChI=1S/C23H23N3O2.ClH/c24-14-11-12-15(13-14)26-23(28)21-10-4-8-17-16(7-3-9-19(17)21)18-5-1-2-6-20(18)22(25)27;/h1-10,14-15H,11-13,24H2,(H2,25,27)(H,26,28);1H/t14-,15-;/m1./s1. The lowest BCUT2D eigenvalue weighted by Gasteiger charge is -2.15. The van der Waals surface area contributed by atoms with Crippen LogP contribution in [0.25, 0.3) is 21.9 Å². The molecule has 4 rings (SSSR count). The maximum Gasteiger partial charge on any atom is 0.252 e. The van der Waals surface area contributed by atoms with Crippen LogP contribution < -0.4 is 16.8 Å². The van der Waals surface area contributed by atoms with Gasteiger partial charge >= 0.3 is 0 Å². The minimum absolute atomic E-state index is 0. The maximum absolute atomic E-state index is 12.9. The number of hydrogen-bond donors (Lipinski definition) is 3. The quantitative estimate of drug-likeness (QED) is 0.613. The molecule has 150 valence electrons. The van der Waals surface area contributed by atoms with Gasteiger partial charge in [-0.15, -0.1) is 12.4 Å². The van der Waals surface area contributed by atoms with Gasteiger partial charge in [0, 0.05) is 23.2 Å². The van der Waals surface area contributed by atoms with Crippen molar-refractivity contribution in [3.8, 4) is 11.1 Å². The van der Waals surface area contributed by atoms with Gasteiger partial charge in [-0.2, -0.15) is 0 Å². The summed E-state index contributed by atoms with van der Waals surface area (Å²) in [7, 11) is 0. The van der Waals surface area contributed by atoms with E-state index >= 15 is 0 Å². The zero-order valence-electron chi connectivity index (χ0n) is 15.9. The molecule has 2 atom stereocenters. The Balaban J connectivity index is 0.00000240. The molecule has 3 aromatic carbocycles. The molecule has 0 aliphatic heterocycles. The summed E-state index contributed by atoms with van der Waals surface area (Å²) < 4.78 is 0. The monoisotopic (exact) mass is 409 g/mol. The molecule has 5 nitrogen and oxygen atoms in total. The van der Waals surface area contributed by atoms with E-state index in [0.29, 0.717) is 11.1 Å². The lowest BCUT2D eigenvalue weighted by Crippen LogP contribution is -2.34. The minimum Gasteiger partial charge on any atom is -0.366 e. The molecule has 1 aliphatic carbocycles. The van der Waals surface area contributed by atoms with Crippen molar-refractivity contribution in [3.05, 3.63) is 71.8 Å². The highest BCUT2D eigenvalue weighted by Gasteiger charge is 2.24. The van der Waals surface area contributed by atoms with Gasteiger partial charge in [0.05, 0.1) is 0 Å². The van der Waals surface area contributed by atoms with E-state index in [4.69, 9.17) is 11.5 Å². The van der Waals surface area contributed by atoms with Crippen molar-refractivity contribution in [1.29, 1.82) is 0 Å². The number of primary amides is 1. The van der Waals surface area contributed by atoms with E-state index in [1.807, 2.05) is 48.5 Å². The van der Waals surface area contributed by atoms with E-state index in [1.54, 1.807) is 12.1 Å². The normalized spacial score (nSPS) is 18.2. The first-order valence-corrected chi connectivity index (χ1v) is 9.52. The molecule has 0 bridgehead atoms. The van der Waals surface area contributed by atoms with Crippen LogP contribution in [0.2, 0.25) is 0 Å². The van der Waals surface area contributed by atoms with Crippen LogP contribution in [0.15, 0.2) is 60.7 Å². The molecular formula is C23H24ClN3O2. The van der Waals surface area contributed by atoms with Gasteiger partial charge < -0.3 is 16.8 Å². The van der Waals surface area contributed by atoms with Gasteiger partial charge in [-0.25, -0.2) is 0 Å². The fourth-order valence-corrected chi connectivity index (χ4v) is 4.09. The Morgan fingerprint density at radius 2 is 1.48 bits per heavy atom. The fraction of sp³-hybridized carbons (Fsp3) is 0.217. The molecule has 0 saturated heterocycles. The van der Waals surface area contributed by atoms with Crippen LogP contribution in [0, 0.1) is 0 Å². The summed E-state index contributed by atoms with van der Waals surface area (Å²) in [6.45, 7) is 0. The van der Waals surface area contributed by atoms with Gasteiger partial charge in [-0.3, -0.25) is 9.59 Å². The molecule has 1 aliphatic rings. The van der Waals surface area contributed by atoms with Crippen LogP contribution in [0.5, 0.6) is 0 Å². The van der Waals surface area contributed by atoms with Crippen LogP contribution in [-0.4, -0.2) is 23.9 Å². The van der Waals surface area contributed by atoms with Gasteiger partial charge in [-0.1, -0.05) is 48.5 Å². The smallest absolute Gasteiger partial charge is 0.252 e. The SMILES string of the molecule is Cl.NC(=O)c1ccccc1-c1cccc2c(C(=O)N[C@@H]3CC[C@@H](N)C3)cccc12. The fourth-order valence-electron chi connectivity index (χ4n) is 4.09. The summed E-state index contributed by atoms with van der Waals surface area (Å²) in [5.74, 6) is -0.566. The van der Waals surface area contributed by atoms with Gasteiger partial charge in [0.25, 0.3) is 5.91 Å². The number of nitrogens with one attached hydrogen (secondary N) is 1. The number of benzene rings is 3. The first-order chi connectivity index (χ1) is 13.5. The van der Waals surface area contributed by atoms with Crippen molar-refractivity contribution in [2.75, 3.05) is 0 Å². The average molecular weight is 410 g/mol. The summed E-state index contributed by atoms with van der Waals surface area (Å²) >= 11 is 0. The van der Waals surface area contributed by atoms with Crippen LogP contribution in [0.1, 0.15) is 40.0 Å². The van der Waals surface area contributed by atoms with E-state index in [2.05, 4.69) is 5.32 Å². The van der Waals surface area contributed by atoms with Gasteiger partial charge in [0.15, 0.2) is 0 Å². The third-order valence-corrected chi connectivity index (χ3v) is 5.46. The topological polar surface area (TPSA) is 98.2 Å². The number of fused-ring (bicyclic) bond motifs is 1. The second-order valence-corrected chi connectivity index (χ2v) is 7.36. The summed E-state index contributed by atoms with van der Waals surface area (Å²) in [6.07, 6.45) is 2.66. The van der Waals surface area contributed by atoms with E-state index in [0.717, 1.165) is 41.2 Å². The largest absolute Gasteiger partial charge is 0.366 e. The van der Waals surface area contributed by atoms with Gasteiger partial charge in [0.1, 0.15) is 0 Å². The summed E-state index contributed by atoms with van der Waals surface area (Å²) in [4.78, 5) is 24.8. The number of halogens is 1. The van der Waals surface area contributed by atoms with Crippen molar-refractivity contribution in [1.82, 2.24) is 5.32 Å². The number of nitrogens with two attached hydrogens (primary N) is 2. The Bertz CT molecular complexity index is 1070. The Hall–Kier alpha value is -2.89. The second-order valence-electron chi connectivity index (χ2n) is 7.36. The molecule has 1 saturated carbocycles. The van der Waals surface area contributed by atoms with Crippen molar-refractivity contribution in [2.24, 2.45) is 11.5 Å². The highest BCUT2D eigenvalue weighted by molar-refractivity contribution is 6.12. The maximum atomic E-state index is 12.9. The molecular weight excluding hydrogens is 386 g/mol. The first kappa shape index (κ1) is 20.8. The summed E-state index contributed by atoms with van der Waals surface area (Å²) in [5.41, 5.74) is 14.3. The predicted octanol–water partition coefficient (Wildman–Crippen LogP) is 3.64. The van der Waals surface area contributed by atoms with Gasteiger partial charge in [-0.05, 0) is 53.3 Å². The van der Waals surface area contributed by atoms with Crippen molar-refractivity contribution >= 4 is 35.0 Å². The Morgan fingerprint density at radius 3 is 2.21 bits per heavy atom. The molecule has 0 spiro atoms.